The van der Waals surface area contributed by atoms with Crippen molar-refractivity contribution >= 4 is 32.7 Å². The van der Waals surface area contributed by atoms with Gasteiger partial charge in [-0.3, -0.25) is 9.52 Å². The highest BCUT2D eigenvalue weighted by Gasteiger charge is 2.26. The van der Waals surface area contributed by atoms with E-state index in [4.69, 9.17) is 0 Å². The van der Waals surface area contributed by atoms with Gasteiger partial charge in [-0.1, -0.05) is 13.0 Å². The Labute approximate surface area is 201 Å². The predicted molar refractivity (Wildman–Crippen MR) is 130 cm³/mol. The van der Waals surface area contributed by atoms with E-state index in [1.807, 2.05) is 0 Å². The molecule has 4 aromatic rings. The molecule has 0 unspecified atom stereocenters. The molecule has 1 aromatic carbocycles. The van der Waals surface area contributed by atoms with Crippen LogP contribution in [0.1, 0.15) is 47.4 Å². The van der Waals surface area contributed by atoms with Crippen LogP contribution in [0.3, 0.4) is 0 Å². The van der Waals surface area contributed by atoms with E-state index >= 15 is 4.39 Å². The van der Waals surface area contributed by atoms with Crippen molar-refractivity contribution in [3.63, 3.8) is 0 Å². The van der Waals surface area contributed by atoms with Gasteiger partial charge in [-0.15, -0.1) is 0 Å². The largest absolute Gasteiger partial charge is 0.345 e. The molecule has 3 heterocycles. The van der Waals surface area contributed by atoms with Gasteiger partial charge in [0.2, 0.25) is 0 Å². The van der Waals surface area contributed by atoms with Gasteiger partial charge in [0.05, 0.1) is 11.3 Å². The molecule has 2 N–H and O–H groups in total. The van der Waals surface area contributed by atoms with E-state index in [2.05, 4.69) is 24.7 Å². The quantitative estimate of drug-likeness (QED) is 0.359. The average molecular weight is 495 g/mol. The van der Waals surface area contributed by atoms with Crippen LogP contribution in [0.4, 0.5) is 10.1 Å². The molecule has 3 aromatic heterocycles. The third-order valence-corrected chi connectivity index (χ3v) is 7.62. The van der Waals surface area contributed by atoms with Gasteiger partial charge < -0.3 is 4.98 Å². The highest BCUT2D eigenvalue weighted by Crippen LogP contribution is 2.38. The van der Waals surface area contributed by atoms with Crippen molar-refractivity contribution in [1.82, 2.24) is 24.2 Å². The van der Waals surface area contributed by atoms with Gasteiger partial charge in [-0.25, -0.2) is 19.3 Å². The molecular formula is C24H23FN6O3S. The Morgan fingerprint density at radius 3 is 2.54 bits per heavy atom. The van der Waals surface area contributed by atoms with E-state index in [1.54, 1.807) is 31.6 Å². The summed E-state index contributed by atoms with van der Waals surface area (Å²) in [5.74, 6) is -0.279. The number of fused-ring (bicyclic) bond motifs is 1. The molecule has 0 amide bonds. The van der Waals surface area contributed by atoms with Gasteiger partial charge in [-0.05, 0) is 31.0 Å². The SMILES string of the molecule is CCN(C)S(=O)(=O)Nc1cccc(C(=O)c2c[nH]c3ncc(-c4cnc(C5CC5)nc4)cc23)c1F. The molecule has 35 heavy (non-hydrogen) atoms. The number of hydrogen-bond donors (Lipinski definition) is 2. The van der Waals surface area contributed by atoms with E-state index in [9.17, 15) is 13.2 Å². The van der Waals surface area contributed by atoms with Crippen molar-refractivity contribution in [3.8, 4) is 11.1 Å². The fraction of sp³-hybridized carbons (Fsp3) is 0.250. The molecule has 0 aliphatic heterocycles. The van der Waals surface area contributed by atoms with E-state index in [1.165, 1.54) is 31.4 Å². The Bertz CT molecular complexity index is 1530. The number of aromatic nitrogens is 4. The Morgan fingerprint density at radius 1 is 1.14 bits per heavy atom. The number of ketones is 1. The fourth-order valence-corrected chi connectivity index (χ4v) is 4.64. The smallest absolute Gasteiger partial charge is 0.301 e. The summed E-state index contributed by atoms with van der Waals surface area (Å²) in [5.41, 5.74) is 1.60. The van der Waals surface area contributed by atoms with Gasteiger partial charge in [0.15, 0.2) is 11.6 Å². The fourth-order valence-electron chi connectivity index (χ4n) is 3.71. The first-order valence-electron chi connectivity index (χ1n) is 11.1. The van der Waals surface area contributed by atoms with E-state index in [0.717, 1.165) is 34.1 Å². The molecule has 0 spiro atoms. The van der Waals surface area contributed by atoms with E-state index in [-0.39, 0.29) is 23.4 Å². The molecule has 1 aliphatic rings. The summed E-state index contributed by atoms with van der Waals surface area (Å²) in [6.07, 6.45) is 8.81. The Hall–Kier alpha value is -3.70. The maximum atomic E-state index is 15.3. The number of benzene rings is 1. The van der Waals surface area contributed by atoms with Crippen LogP contribution in [0.15, 0.2) is 49.1 Å². The van der Waals surface area contributed by atoms with Crippen molar-refractivity contribution in [2.45, 2.75) is 25.7 Å². The highest BCUT2D eigenvalue weighted by molar-refractivity contribution is 7.90. The van der Waals surface area contributed by atoms with Crippen LogP contribution < -0.4 is 4.72 Å². The maximum absolute atomic E-state index is 15.3. The molecule has 1 fully saturated rings. The molecule has 0 radical (unpaired) electrons. The Kier molecular flexibility index (Phi) is 5.81. The van der Waals surface area contributed by atoms with Crippen LogP contribution >= 0.6 is 0 Å². The zero-order chi connectivity index (χ0) is 24.7. The highest BCUT2D eigenvalue weighted by atomic mass is 32.2. The number of rotatable bonds is 8. The lowest BCUT2D eigenvalue weighted by Crippen LogP contribution is -2.32. The number of aromatic amines is 1. The molecule has 0 saturated heterocycles. The average Bonchev–Trinajstić information content (AvgIpc) is 3.63. The summed E-state index contributed by atoms with van der Waals surface area (Å²) in [6, 6.07) is 5.80. The molecule has 180 valence electrons. The summed E-state index contributed by atoms with van der Waals surface area (Å²) in [5, 5.41) is 0.509. The summed E-state index contributed by atoms with van der Waals surface area (Å²) in [7, 11) is -2.58. The van der Waals surface area contributed by atoms with Crippen LogP contribution in [0, 0.1) is 5.82 Å². The van der Waals surface area contributed by atoms with Crippen molar-refractivity contribution < 1.29 is 17.6 Å². The molecule has 1 saturated carbocycles. The van der Waals surface area contributed by atoms with Gasteiger partial charge in [0, 0.05) is 66.4 Å². The number of halogens is 1. The number of anilines is 1. The second kappa shape index (κ2) is 8.82. The second-order valence-corrected chi connectivity index (χ2v) is 10.2. The van der Waals surface area contributed by atoms with Crippen LogP contribution in [-0.4, -0.2) is 52.0 Å². The lowest BCUT2D eigenvalue weighted by Gasteiger charge is -2.17. The number of pyridine rings is 1. The molecule has 0 atom stereocenters. The number of hydrogen-bond acceptors (Lipinski definition) is 6. The second-order valence-electron chi connectivity index (χ2n) is 8.44. The first-order chi connectivity index (χ1) is 16.8. The summed E-state index contributed by atoms with van der Waals surface area (Å²) in [4.78, 5) is 29.5. The van der Waals surface area contributed by atoms with Crippen LogP contribution in [0.2, 0.25) is 0 Å². The minimum Gasteiger partial charge on any atom is -0.345 e. The van der Waals surface area contributed by atoms with E-state index < -0.39 is 21.8 Å². The lowest BCUT2D eigenvalue weighted by atomic mass is 10.0. The molecular weight excluding hydrogens is 471 g/mol. The zero-order valence-corrected chi connectivity index (χ0v) is 19.9. The molecule has 11 heteroatoms. The minimum atomic E-state index is -3.95. The van der Waals surface area contributed by atoms with Crippen molar-refractivity contribution in [2.75, 3.05) is 18.3 Å². The number of carbonyl (C=O) groups excluding carboxylic acids is 1. The van der Waals surface area contributed by atoms with Crippen molar-refractivity contribution in [2.24, 2.45) is 0 Å². The van der Waals surface area contributed by atoms with Crippen molar-refractivity contribution in [1.29, 1.82) is 0 Å². The first kappa shape index (κ1) is 23.1. The first-order valence-corrected chi connectivity index (χ1v) is 12.6. The Morgan fingerprint density at radius 2 is 1.86 bits per heavy atom. The standard InChI is InChI=1S/C24H23FN6O3S/c1-3-31(2)35(33,34)30-20-6-4-5-17(21(20)25)22(32)19-13-29-24-18(19)9-15(10-28-24)16-11-26-23(27-12-16)14-7-8-14/h4-6,9-14,30H,3,7-8H2,1-2H3,(H,28,29). The Balaban J connectivity index is 1.49. The van der Waals surface area contributed by atoms with Gasteiger partial charge in [0.25, 0.3) is 0 Å². The topological polar surface area (TPSA) is 121 Å². The molecule has 0 bridgehead atoms. The molecule has 1 aliphatic carbocycles. The predicted octanol–water partition coefficient (Wildman–Crippen LogP) is 3.88. The monoisotopic (exact) mass is 494 g/mol. The number of nitrogens with zero attached hydrogens (tertiary/aromatic N) is 4. The zero-order valence-electron chi connectivity index (χ0n) is 19.1. The van der Waals surface area contributed by atoms with Crippen LogP contribution in [0.25, 0.3) is 22.2 Å². The van der Waals surface area contributed by atoms with Gasteiger partial charge >= 0.3 is 10.2 Å². The normalized spacial score (nSPS) is 13.9. The molecule has 9 nitrogen and oxygen atoms in total. The number of carbonyl (C=O) groups is 1. The van der Waals surface area contributed by atoms with Gasteiger partial charge in [-0.2, -0.15) is 12.7 Å². The van der Waals surface area contributed by atoms with Gasteiger partial charge in [0.1, 0.15) is 11.5 Å². The summed E-state index contributed by atoms with van der Waals surface area (Å²) >= 11 is 0. The lowest BCUT2D eigenvalue weighted by molar-refractivity contribution is 0.103. The number of H-pyrrole nitrogens is 1. The van der Waals surface area contributed by atoms with Crippen LogP contribution in [0.5, 0.6) is 0 Å². The maximum Gasteiger partial charge on any atom is 0.301 e. The summed E-state index contributed by atoms with van der Waals surface area (Å²) < 4.78 is 43.2. The van der Waals surface area contributed by atoms with Crippen LogP contribution in [-0.2, 0) is 10.2 Å². The molecule has 5 rings (SSSR count). The summed E-state index contributed by atoms with van der Waals surface area (Å²) in [6.45, 7) is 1.86. The van der Waals surface area contributed by atoms with E-state index in [0.29, 0.717) is 17.0 Å². The minimum absolute atomic E-state index is 0.203. The van der Waals surface area contributed by atoms with Crippen molar-refractivity contribution in [3.05, 3.63) is 71.8 Å². The third-order valence-electron chi connectivity index (χ3n) is 6.06. The third kappa shape index (κ3) is 4.40. The number of nitrogens with one attached hydrogen (secondary N) is 2.